The topological polar surface area (TPSA) is 130 Å². The molecular formula is C12H14N2O6S. The molecule has 8 nitrogen and oxygen atoms in total. The highest BCUT2D eigenvalue weighted by atomic mass is 32.2. The summed E-state index contributed by atoms with van der Waals surface area (Å²) in [4.78, 5) is 32.5. The fourth-order valence-electron chi connectivity index (χ4n) is 1.34. The monoisotopic (exact) mass is 314 g/mol. The number of nitro groups is 1. The Morgan fingerprint density at radius 1 is 1.33 bits per heavy atom. The van der Waals surface area contributed by atoms with E-state index in [1.165, 1.54) is 23.9 Å². The number of amides is 1. The van der Waals surface area contributed by atoms with Crippen molar-refractivity contribution in [3.05, 3.63) is 34.4 Å². The number of nitrogens with zero attached hydrogens (tertiary/aromatic N) is 1. The van der Waals surface area contributed by atoms with Crippen LogP contribution in [0, 0.1) is 10.1 Å². The number of nitro benzene ring substituents is 1. The number of nitrogens with one attached hydrogen (secondary N) is 1. The van der Waals surface area contributed by atoms with Gasteiger partial charge in [0, 0.05) is 30.0 Å². The Hall–Kier alpha value is -2.13. The number of aliphatic carboxylic acids is 1. The van der Waals surface area contributed by atoms with E-state index in [0.717, 1.165) is 0 Å². The minimum absolute atomic E-state index is 0.0218. The van der Waals surface area contributed by atoms with E-state index in [-0.39, 0.29) is 30.3 Å². The van der Waals surface area contributed by atoms with Crippen molar-refractivity contribution in [3.8, 4) is 0 Å². The van der Waals surface area contributed by atoms with Gasteiger partial charge in [0.2, 0.25) is 5.91 Å². The van der Waals surface area contributed by atoms with E-state index in [1.54, 1.807) is 12.1 Å². The molecule has 0 saturated carbocycles. The van der Waals surface area contributed by atoms with Gasteiger partial charge in [-0.3, -0.25) is 14.9 Å². The Bertz CT molecular complexity index is 519. The van der Waals surface area contributed by atoms with Crippen molar-refractivity contribution in [2.24, 2.45) is 0 Å². The van der Waals surface area contributed by atoms with Crippen LogP contribution in [0.5, 0.6) is 0 Å². The molecule has 0 fully saturated rings. The molecule has 1 aromatic rings. The van der Waals surface area contributed by atoms with Crippen LogP contribution < -0.4 is 5.32 Å². The molecule has 0 heterocycles. The van der Waals surface area contributed by atoms with Gasteiger partial charge >= 0.3 is 5.97 Å². The second kappa shape index (κ2) is 8.22. The Kier molecular flexibility index (Phi) is 6.63. The third-order valence-electron chi connectivity index (χ3n) is 2.44. The second-order valence-electron chi connectivity index (χ2n) is 4.03. The van der Waals surface area contributed by atoms with Crippen molar-refractivity contribution < 1.29 is 24.7 Å². The molecule has 0 aliphatic carbocycles. The maximum Gasteiger partial charge on any atom is 0.332 e. The number of aliphatic hydroxyl groups excluding tert-OH is 1. The number of hydrogen-bond acceptors (Lipinski definition) is 6. The molecule has 114 valence electrons. The number of thioether (sulfide) groups is 1. The van der Waals surface area contributed by atoms with Crippen LogP contribution in [0.1, 0.15) is 6.42 Å². The lowest BCUT2D eigenvalue weighted by molar-refractivity contribution is -0.384. The van der Waals surface area contributed by atoms with Crippen molar-refractivity contribution in [2.75, 3.05) is 12.3 Å². The summed E-state index contributed by atoms with van der Waals surface area (Å²) in [6.07, 6.45) is -1.56. The first-order chi connectivity index (χ1) is 9.90. The molecule has 1 amide bonds. The van der Waals surface area contributed by atoms with Gasteiger partial charge in [-0.1, -0.05) is 0 Å². The highest BCUT2D eigenvalue weighted by molar-refractivity contribution is 8.00. The zero-order valence-corrected chi connectivity index (χ0v) is 11.7. The van der Waals surface area contributed by atoms with E-state index in [0.29, 0.717) is 4.90 Å². The summed E-state index contributed by atoms with van der Waals surface area (Å²) < 4.78 is 0. The van der Waals surface area contributed by atoms with Gasteiger partial charge in [-0.2, -0.15) is 0 Å². The second-order valence-corrected chi connectivity index (χ2v) is 5.08. The Morgan fingerprint density at radius 3 is 2.48 bits per heavy atom. The van der Waals surface area contributed by atoms with Crippen molar-refractivity contribution in [1.29, 1.82) is 0 Å². The van der Waals surface area contributed by atoms with Gasteiger partial charge in [-0.15, -0.1) is 11.8 Å². The summed E-state index contributed by atoms with van der Waals surface area (Å²) in [5.41, 5.74) is -0.0218. The van der Waals surface area contributed by atoms with E-state index < -0.39 is 17.0 Å². The SMILES string of the molecule is O=C(CSc1ccc([N+](=O)[O-])cc1)NCC[C@H](O)C(=O)O. The summed E-state index contributed by atoms with van der Waals surface area (Å²) in [5, 5.41) is 30.4. The average molecular weight is 314 g/mol. The molecule has 1 rings (SSSR count). The fraction of sp³-hybridized carbons (Fsp3) is 0.333. The summed E-state index contributed by atoms with van der Waals surface area (Å²) in [5.74, 6) is -1.54. The number of carbonyl (C=O) groups excluding carboxylic acids is 1. The largest absolute Gasteiger partial charge is 0.479 e. The van der Waals surface area contributed by atoms with Gasteiger partial charge in [0.25, 0.3) is 5.69 Å². The summed E-state index contributed by atoms with van der Waals surface area (Å²) in [6.45, 7) is 0.0626. The molecule has 0 aliphatic heterocycles. The van der Waals surface area contributed by atoms with Crippen LogP contribution in [0.3, 0.4) is 0 Å². The number of carbonyl (C=O) groups is 2. The molecule has 1 atom stereocenters. The zero-order chi connectivity index (χ0) is 15.8. The number of benzene rings is 1. The minimum atomic E-state index is -1.49. The molecule has 9 heteroatoms. The molecule has 21 heavy (non-hydrogen) atoms. The van der Waals surface area contributed by atoms with E-state index in [1.807, 2.05) is 0 Å². The molecule has 0 saturated heterocycles. The molecule has 0 spiro atoms. The lowest BCUT2D eigenvalue weighted by Crippen LogP contribution is -2.31. The first-order valence-corrected chi connectivity index (χ1v) is 6.93. The van der Waals surface area contributed by atoms with Crippen LogP contribution in [0.4, 0.5) is 5.69 Å². The van der Waals surface area contributed by atoms with Crippen LogP contribution in [0.2, 0.25) is 0 Å². The highest BCUT2D eigenvalue weighted by Gasteiger charge is 2.13. The van der Waals surface area contributed by atoms with Crippen LogP contribution in [0.15, 0.2) is 29.2 Å². The van der Waals surface area contributed by atoms with E-state index in [9.17, 15) is 19.7 Å². The number of carboxylic acid groups (broad SMARTS) is 1. The molecular weight excluding hydrogens is 300 g/mol. The standard InChI is InChI=1S/C12H14N2O6S/c15-10(12(17)18)5-6-13-11(16)7-21-9-3-1-8(2-4-9)14(19)20/h1-4,10,15H,5-7H2,(H,13,16)(H,17,18)/t10-/m0/s1. The number of hydrogen-bond donors (Lipinski definition) is 3. The maximum atomic E-state index is 11.5. The first kappa shape index (κ1) is 16.9. The van der Waals surface area contributed by atoms with Crippen molar-refractivity contribution >= 4 is 29.3 Å². The predicted molar refractivity (Wildman–Crippen MR) is 75.1 cm³/mol. The number of non-ortho nitro benzene ring substituents is 1. The normalized spacial score (nSPS) is 11.7. The van der Waals surface area contributed by atoms with Crippen LogP contribution >= 0.6 is 11.8 Å². The Morgan fingerprint density at radius 2 is 1.95 bits per heavy atom. The predicted octanol–water partition coefficient (Wildman–Crippen LogP) is 0.639. The van der Waals surface area contributed by atoms with E-state index in [4.69, 9.17) is 10.2 Å². The van der Waals surface area contributed by atoms with Gasteiger partial charge in [0.1, 0.15) is 0 Å². The molecule has 0 unspecified atom stereocenters. The van der Waals surface area contributed by atoms with Crippen LogP contribution in [-0.2, 0) is 9.59 Å². The molecule has 0 radical (unpaired) electrons. The third-order valence-corrected chi connectivity index (χ3v) is 3.45. The van der Waals surface area contributed by atoms with Crippen molar-refractivity contribution in [1.82, 2.24) is 5.32 Å². The molecule has 0 aromatic heterocycles. The summed E-state index contributed by atoms with van der Waals surface area (Å²) >= 11 is 1.20. The van der Waals surface area contributed by atoms with Gasteiger partial charge in [-0.05, 0) is 12.1 Å². The lowest BCUT2D eigenvalue weighted by Gasteiger charge is -2.07. The fourth-order valence-corrected chi connectivity index (χ4v) is 2.06. The molecule has 0 aliphatic rings. The first-order valence-electron chi connectivity index (χ1n) is 5.95. The third kappa shape index (κ3) is 6.23. The number of aliphatic hydroxyl groups is 1. The number of carboxylic acids is 1. The average Bonchev–Trinajstić information content (AvgIpc) is 2.45. The maximum absolute atomic E-state index is 11.5. The van der Waals surface area contributed by atoms with E-state index in [2.05, 4.69) is 5.32 Å². The van der Waals surface area contributed by atoms with Gasteiger partial charge in [-0.25, -0.2) is 4.79 Å². The molecule has 3 N–H and O–H groups in total. The molecule has 0 bridgehead atoms. The summed E-state index contributed by atoms with van der Waals surface area (Å²) in [7, 11) is 0. The quantitative estimate of drug-likeness (QED) is 0.364. The lowest BCUT2D eigenvalue weighted by atomic mass is 10.2. The van der Waals surface area contributed by atoms with E-state index >= 15 is 0 Å². The Labute approximate surface area is 124 Å². The zero-order valence-electron chi connectivity index (χ0n) is 10.9. The molecule has 1 aromatic carbocycles. The smallest absolute Gasteiger partial charge is 0.332 e. The Balaban J connectivity index is 2.29. The minimum Gasteiger partial charge on any atom is -0.479 e. The summed E-state index contributed by atoms with van der Waals surface area (Å²) in [6, 6.07) is 5.79. The van der Waals surface area contributed by atoms with Gasteiger partial charge in [0.15, 0.2) is 6.10 Å². The highest BCUT2D eigenvalue weighted by Crippen LogP contribution is 2.20. The van der Waals surface area contributed by atoms with Gasteiger partial charge < -0.3 is 15.5 Å². The van der Waals surface area contributed by atoms with Crippen molar-refractivity contribution in [3.63, 3.8) is 0 Å². The van der Waals surface area contributed by atoms with Crippen molar-refractivity contribution in [2.45, 2.75) is 17.4 Å². The van der Waals surface area contributed by atoms with Gasteiger partial charge in [0.05, 0.1) is 10.7 Å². The van der Waals surface area contributed by atoms with Crippen LogP contribution in [0.25, 0.3) is 0 Å². The van der Waals surface area contributed by atoms with Crippen LogP contribution in [-0.4, -0.2) is 45.4 Å². The number of rotatable bonds is 8.